The maximum Gasteiger partial charge on any atom is 0.433 e. The molecule has 0 radical (unpaired) electrons. The summed E-state index contributed by atoms with van der Waals surface area (Å²) in [5.41, 5.74) is -0.465. The van der Waals surface area contributed by atoms with E-state index in [1.165, 1.54) is 6.07 Å². The Kier molecular flexibility index (Phi) is 4.76. The molecule has 0 aliphatic heterocycles. The summed E-state index contributed by atoms with van der Waals surface area (Å²) in [7, 11) is 0. The van der Waals surface area contributed by atoms with Crippen LogP contribution in [0.2, 0.25) is 0 Å². The molecule has 6 nitrogen and oxygen atoms in total. The number of thioether (sulfide) groups is 1. The highest BCUT2D eigenvalue weighted by molar-refractivity contribution is 7.98. The Bertz CT molecular complexity index is 1060. The molecule has 0 saturated carbocycles. The number of hydrogen-bond acceptors (Lipinski definition) is 6. The van der Waals surface area contributed by atoms with Crippen molar-refractivity contribution in [2.24, 2.45) is 0 Å². The fraction of sp³-hybridized carbons (Fsp3) is 0.200. The average molecular weight is 401 g/mol. The predicted octanol–water partition coefficient (Wildman–Crippen LogP) is 3.70. The lowest BCUT2D eigenvalue weighted by atomic mass is 10.1. The molecule has 2 N–H and O–H groups in total. The van der Waals surface area contributed by atoms with Crippen LogP contribution in [-0.4, -0.2) is 26.0 Å². The summed E-state index contributed by atoms with van der Waals surface area (Å²) >= 11 is 1.88. The highest BCUT2D eigenvalue weighted by atomic mass is 32.2. The van der Waals surface area contributed by atoms with Gasteiger partial charge < -0.3 is 10.1 Å². The fourth-order valence-corrected chi connectivity index (χ4v) is 4.29. The maximum absolute atomic E-state index is 12.7. The number of carbonyl (C=O) groups is 1. The van der Waals surface area contributed by atoms with Crippen LogP contribution < -0.4 is 5.56 Å². The Hall–Kier alpha value is -2.40. The first-order chi connectivity index (χ1) is 12.2. The number of aromatic amines is 1. The van der Waals surface area contributed by atoms with Crippen LogP contribution in [0.15, 0.2) is 28.3 Å². The number of nitrogens with zero attached hydrogens (tertiary/aromatic N) is 2. The molecule has 0 aliphatic rings. The van der Waals surface area contributed by atoms with E-state index in [9.17, 15) is 27.9 Å². The minimum absolute atomic E-state index is 0.0837. The Morgan fingerprint density at radius 3 is 2.81 bits per heavy atom. The summed E-state index contributed by atoms with van der Waals surface area (Å²) in [5, 5.41) is 9.72. The van der Waals surface area contributed by atoms with E-state index in [1.54, 1.807) is 6.92 Å². The second-order valence-corrected chi connectivity index (χ2v) is 7.20. The summed E-state index contributed by atoms with van der Waals surface area (Å²) in [6.45, 7) is 1.62. The zero-order valence-corrected chi connectivity index (χ0v) is 14.7. The molecule has 0 bridgehead atoms. The smallest absolute Gasteiger partial charge is 0.433 e. The zero-order chi connectivity index (χ0) is 19.1. The van der Waals surface area contributed by atoms with E-state index in [2.05, 4.69) is 15.0 Å². The minimum Gasteiger partial charge on any atom is -0.477 e. The molecule has 0 spiro atoms. The van der Waals surface area contributed by atoms with Gasteiger partial charge in [0.25, 0.3) is 0 Å². The summed E-state index contributed by atoms with van der Waals surface area (Å²) in [4.78, 5) is 33.5. The molecule has 0 unspecified atom stereocenters. The van der Waals surface area contributed by atoms with Gasteiger partial charge in [0, 0.05) is 23.4 Å². The number of aryl methyl sites for hydroxylation is 1. The number of rotatable bonds is 4. The predicted molar refractivity (Wildman–Crippen MR) is 90.7 cm³/mol. The number of thiophene rings is 1. The lowest BCUT2D eigenvalue weighted by molar-refractivity contribution is -0.141. The number of hydrogen-bond donors (Lipinski definition) is 2. The zero-order valence-electron chi connectivity index (χ0n) is 13.0. The molecule has 3 heterocycles. The van der Waals surface area contributed by atoms with Gasteiger partial charge in [-0.2, -0.15) is 13.2 Å². The number of halogens is 3. The first-order valence-corrected chi connectivity index (χ1v) is 8.88. The van der Waals surface area contributed by atoms with Crippen molar-refractivity contribution in [1.82, 2.24) is 15.0 Å². The molecular weight excluding hydrogens is 391 g/mol. The summed E-state index contributed by atoms with van der Waals surface area (Å²) in [5.74, 6) is -0.984. The molecule has 3 aromatic rings. The Labute approximate surface area is 152 Å². The Balaban J connectivity index is 1.97. The normalized spacial score (nSPS) is 11.8. The number of fused-ring (bicyclic) bond motifs is 1. The van der Waals surface area contributed by atoms with Crippen molar-refractivity contribution in [3.8, 4) is 0 Å². The lowest BCUT2D eigenvalue weighted by Crippen LogP contribution is -2.09. The van der Waals surface area contributed by atoms with Gasteiger partial charge in [0.15, 0.2) is 5.16 Å². The van der Waals surface area contributed by atoms with Crippen LogP contribution in [0.3, 0.4) is 0 Å². The van der Waals surface area contributed by atoms with Gasteiger partial charge >= 0.3 is 12.1 Å². The molecule has 3 aromatic heterocycles. The minimum atomic E-state index is -4.57. The number of aromatic nitrogens is 3. The van der Waals surface area contributed by atoms with E-state index in [4.69, 9.17) is 0 Å². The van der Waals surface area contributed by atoms with Crippen LogP contribution >= 0.6 is 23.1 Å². The first-order valence-electron chi connectivity index (χ1n) is 7.08. The molecular formula is C15H10F3N3O3S2. The number of aromatic carboxylic acids is 1. The van der Waals surface area contributed by atoms with Gasteiger partial charge in [-0.05, 0) is 24.1 Å². The fourth-order valence-electron chi connectivity index (χ4n) is 2.39. The number of carboxylic acid groups (broad SMARTS) is 1. The highest BCUT2D eigenvalue weighted by Crippen LogP contribution is 2.34. The van der Waals surface area contributed by atoms with Crippen LogP contribution in [0.1, 0.15) is 26.5 Å². The number of alkyl halides is 3. The Morgan fingerprint density at radius 2 is 2.15 bits per heavy atom. The molecule has 136 valence electrons. The van der Waals surface area contributed by atoms with Crippen molar-refractivity contribution in [3.63, 3.8) is 0 Å². The molecule has 26 heavy (non-hydrogen) atoms. The van der Waals surface area contributed by atoms with Crippen molar-refractivity contribution < 1.29 is 23.1 Å². The number of H-pyrrole nitrogens is 1. The van der Waals surface area contributed by atoms with Crippen LogP contribution in [-0.2, 0) is 11.9 Å². The van der Waals surface area contributed by atoms with Gasteiger partial charge in [0.1, 0.15) is 15.4 Å². The largest absolute Gasteiger partial charge is 0.477 e. The average Bonchev–Trinajstić information content (AvgIpc) is 2.89. The molecule has 0 aromatic carbocycles. The van der Waals surface area contributed by atoms with Crippen molar-refractivity contribution in [1.29, 1.82) is 0 Å². The molecule has 0 aliphatic carbocycles. The monoisotopic (exact) mass is 401 g/mol. The van der Waals surface area contributed by atoms with Crippen molar-refractivity contribution in [2.75, 3.05) is 0 Å². The van der Waals surface area contributed by atoms with Gasteiger partial charge in [-0.1, -0.05) is 11.8 Å². The molecule has 0 fully saturated rings. The second kappa shape index (κ2) is 6.72. The van der Waals surface area contributed by atoms with E-state index in [0.29, 0.717) is 21.3 Å². The maximum atomic E-state index is 12.7. The third-order valence-electron chi connectivity index (χ3n) is 3.48. The number of nitrogens with one attached hydrogen (secondary N) is 1. The second-order valence-electron chi connectivity index (χ2n) is 5.24. The summed E-state index contributed by atoms with van der Waals surface area (Å²) in [6, 6.07) is 2.08. The lowest BCUT2D eigenvalue weighted by Gasteiger charge is -2.07. The van der Waals surface area contributed by atoms with E-state index in [-0.39, 0.29) is 15.8 Å². The summed E-state index contributed by atoms with van der Waals surface area (Å²) < 4.78 is 38.2. The van der Waals surface area contributed by atoms with E-state index < -0.39 is 23.4 Å². The highest BCUT2D eigenvalue weighted by Gasteiger charge is 2.32. The summed E-state index contributed by atoms with van der Waals surface area (Å²) in [6.07, 6.45) is -3.56. The molecule has 0 atom stereocenters. The van der Waals surface area contributed by atoms with Gasteiger partial charge in [-0.25, -0.2) is 14.8 Å². The van der Waals surface area contributed by atoms with Crippen molar-refractivity contribution >= 4 is 39.3 Å². The van der Waals surface area contributed by atoms with Crippen molar-refractivity contribution in [3.05, 3.63) is 50.4 Å². The van der Waals surface area contributed by atoms with Gasteiger partial charge in [-0.3, -0.25) is 4.79 Å². The SMILES string of the molecule is Cc1c(C(=O)O)sc2[nH]c(=O)cc(CSc3nccc(C(F)(F)F)n3)c12. The van der Waals surface area contributed by atoms with E-state index >= 15 is 0 Å². The van der Waals surface area contributed by atoms with E-state index in [1.807, 2.05) is 0 Å². The van der Waals surface area contributed by atoms with Gasteiger partial charge in [0.05, 0.1) is 0 Å². The molecule has 0 saturated heterocycles. The van der Waals surface area contributed by atoms with Gasteiger partial charge in [-0.15, -0.1) is 11.3 Å². The topological polar surface area (TPSA) is 95.9 Å². The molecule has 0 amide bonds. The quantitative estimate of drug-likeness (QED) is 0.511. The van der Waals surface area contributed by atoms with Crippen molar-refractivity contribution in [2.45, 2.75) is 24.0 Å². The first kappa shape index (κ1) is 18.4. The third kappa shape index (κ3) is 3.58. The standard InChI is InChI=1S/C15H10F3N3O3S2/c1-6-10-7(4-9(22)21-12(10)26-11(6)13(23)24)5-25-14-19-3-2-8(20-14)15(16,17)18/h2-4H,5H2,1H3,(H,21,22)(H,23,24). The van der Waals surface area contributed by atoms with Gasteiger partial charge in [0.2, 0.25) is 5.56 Å². The number of carboxylic acids is 1. The van der Waals surface area contributed by atoms with Crippen LogP contribution in [0.5, 0.6) is 0 Å². The van der Waals surface area contributed by atoms with Crippen LogP contribution in [0, 0.1) is 6.92 Å². The molecule has 11 heteroatoms. The van der Waals surface area contributed by atoms with Crippen LogP contribution in [0.25, 0.3) is 10.2 Å². The van der Waals surface area contributed by atoms with Crippen LogP contribution in [0.4, 0.5) is 13.2 Å². The molecule has 3 rings (SSSR count). The Morgan fingerprint density at radius 1 is 1.42 bits per heavy atom. The van der Waals surface area contributed by atoms with E-state index in [0.717, 1.165) is 35.4 Å². The third-order valence-corrected chi connectivity index (χ3v) is 5.59. The number of pyridine rings is 1.